The summed E-state index contributed by atoms with van der Waals surface area (Å²) in [6, 6.07) is 7.21. The Hall–Kier alpha value is -0.540. The zero-order chi connectivity index (χ0) is 11.7. The number of nitrogens with two attached hydrogens (primary N) is 1. The average molecular weight is 283 g/mol. The van der Waals surface area contributed by atoms with Crippen LogP contribution in [0.25, 0.3) is 0 Å². The van der Waals surface area contributed by atoms with Gasteiger partial charge in [0.2, 0.25) is 0 Å². The van der Waals surface area contributed by atoms with Crippen LogP contribution in [0.3, 0.4) is 0 Å². The van der Waals surface area contributed by atoms with Gasteiger partial charge in [-0.15, -0.1) is 0 Å². The third kappa shape index (κ3) is 2.25. The fourth-order valence-electron chi connectivity index (χ4n) is 2.33. The fourth-order valence-corrected chi connectivity index (χ4v) is 2.95. The van der Waals surface area contributed by atoms with Gasteiger partial charge in [-0.25, -0.2) is 0 Å². The molecule has 1 aromatic carbocycles. The molecule has 0 saturated carbocycles. The van der Waals surface area contributed by atoms with E-state index in [0.29, 0.717) is 6.04 Å². The lowest BCUT2D eigenvalue weighted by Crippen LogP contribution is -2.26. The fraction of sp³-hybridized carbons (Fsp3) is 0.538. The molecular weight excluding hydrogens is 264 g/mol. The maximum atomic E-state index is 5.88. The second-order valence-electron chi connectivity index (χ2n) is 4.68. The minimum absolute atomic E-state index is 0.0985. The van der Waals surface area contributed by atoms with Crippen molar-refractivity contribution in [3.63, 3.8) is 0 Å². The molecule has 2 N–H and O–H groups in total. The molecule has 1 aliphatic heterocycles. The molecule has 0 spiro atoms. The number of halogens is 1. The molecule has 1 aliphatic rings. The highest BCUT2D eigenvalue weighted by Gasteiger charge is 2.22. The maximum absolute atomic E-state index is 5.88. The molecule has 88 valence electrons. The van der Waals surface area contributed by atoms with Crippen LogP contribution in [0.4, 0.5) is 5.69 Å². The highest BCUT2D eigenvalue weighted by Crippen LogP contribution is 2.33. The monoisotopic (exact) mass is 282 g/mol. The Bertz CT molecular complexity index is 376. The van der Waals surface area contributed by atoms with Crippen molar-refractivity contribution in [2.75, 3.05) is 11.4 Å². The predicted octanol–water partition coefficient (Wildman–Crippen LogP) is 3.46. The number of nitrogens with zero attached hydrogens (tertiary/aromatic N) is 1. The normalized spacial score (nSPS) is 22.5. The first-order valence-corrected chi connectivity index (χ1v) is 6.70. The first-order chi connectivity index (χ1) is 7.59. The smallest absolute Gasteiger partial charge is 0.0513 e. The second kappa shape index (κ2) is 4.76. The number of hydrogen-bond donors (Lipinski definition) is 1. The van der Waals surface area contributed by atoms with Gasteiger partial charge in [0.05, 0.1) is 5.69 Å². The van der Waals surface area contributed by atoms with Gasteiger partial charge >= 0.3 is 0 Å². The van der Waals surface area contributed by atoms with Crippen LogP contribution in [0.15, 0.2) is 22.7 Å². The van der Waals surface area contributed by atoms with Gasteiger partial charge in [-0.3, -0.25) is 0 Å². The van der Waals surface area contributed by atoms with Crippen LogP contribution >= 0.6 is 15.9 Å². The number of rotatable bonds is 2. The van der Waals surface area contributed by atoms with Crippen molar-refractivity contribution in [3.8, 4) is 0 Å². The summed E-state index contributed by atoms with van der Waals surface area (Å²) in [5.74, 6) is 0. The summed E-state index contributed by atoms with van der Waals surface area (Å²) in [4.78, 5) is 2.47. The highest BCUT2D eigenvalue weighted by atomic mass is 79.9. The predicted molar refractivity (Wildman–Crippen MR) is 72.8 cm³/mol. The molecule has 1 fully saturated rings. The van der Waals surface area contributed by atoms with Gasteiger partial charge in [0, 0.05) is 23.1 Å². The molecule has 1 saturated heterocycles. The zero-order valence-corrected chi connectivity index (χ0v) is 11.5. The van der Waals surface area contributed by atoms with Gasteiger partial charge in [0.1, 0.15) is 0 Å². The molecule has 3 heteroatoms. The summed E-state index contributed by atoms with van der Waals surface area (Å²) in [6.07, 6.45) is 2.59. The molecule has 2 rings (SSSR count). The van der Waals surface area contributed by atoms with E-state index >= 15 is 0 Å². The molecule has 0 bridgehead atoms. The van der Waals surface area contributed by atoms with E-state index in [1.54, 1.807) is 0 Å². The lowest BCUT2D eigenvalue weighted by atomic mass is 10.1. The van der Waals surface area contributed by atoms with Gasteiger partial charge in [-0.2, -0.15) is 0 Å². The Morgan fingerprint density at radius 1 is 1.50 bits per heavy atom. The Kier molecular flexibility index (Phi) is 3.55. The molecule has 1 unspecified atom stereocenters. The lowest BCUT2D eigenvalue weighted by molar-refractivity contribution is 0.733. The van der Waals surface area contributed by atoms with Crippen LogP contribution in [0.1, 0.15) is 38.3 Å². The van der Waals surface area contributed by atoms with Crippen molar-refractivity contribution in [1.29, 1.82) is 0 Å². The van der Waals surface area contributed by atoms with Gasteiger partial charge < -0.3 is 10.6 Å². The van der Waals surface area contributed by atoms with E-state index in [1.807, 2.05) is 6.92 Å². The third-order valence-corrected chi connectivity index (χ3v) is 4.00. The maximum Gasteiger partial charge on any atom is 0.0513 e. The van der Waals surface area contributed by atoms with Crippen molar-refractivity contribution in [1.82, 2.24) is 0 Å². The van der Waals surface area contributed by atoms with E-state index in [2.05, 4.69) is 46.0 Å². The van der Waals surface area contributed by atoms with E-state index < -0.39 is 0 Å². The molecule has 2 nitrogen and oxygen atoms in total. The lowest BCUT2D eigenvalue weighted by Gasteiger charge is -2.25. The Morgan fingerprint density at radius 3 is 2.75 bits per heavy atom. The Labute approximate surface area is 106 Å². The van der Waals surface area contributed by atoms with Crippen molar-refractivity contribution >= 4 is 21.6 Å². The quantitative estimate of drug-likeness (QED) is 0.900. The summed E-state index contributed by atoms with van der Waals surface area (Å²) in [7, 11) is 0. The SMILES string of the molecule is CC1CCCN1c1ccc([C@@H](C)N)cc1Br. The molecule has 0 aliphatic carbocycles. The summed E-state index contributed by atoms with van der Waals surface area (Å²) >= 11 is 3.66. The first kappa shape index (κ1) is 11.9. The van der Waals surface area contributed by atoms with Crippen LogP contribution < -0.4 is 10.6 Å². The zero-order valence-electron chi connectivity index (χ0n) is 9.91. The molecule has 0 amide bonds. The topological polar surface area (TPSA) is 29.3 Å². The largest absolute Gasteiger partial charge is 0.368 e. The minimum Gasteiger partial charge on any atom is -0.368 e. The third-order valence-electron chi connectivity index (χ3n) is 3.36. The Balaban J connectivity index is 2.28. The summed E-state index contributed by atoms with van der Waals surface area (Å²) in [5, 5.41) is 0. The number of benzene rings is 1. The van der Waals surface area contributed by atoms with E-state index in [1.165, 1.54) is 24.1 Å². The van der Waals surface area contributed by atoms with Crippen LogP contribution in [-0.2, 0) is 0 Å². The van der Waals surface area contributed by atoms with Gasteiger partial charge in [0.15, 0.2) is 0 Å². The molecule has 0 radical (unpaired) electrons. The van der Waals surface area contributed by atoms with E-state index in [4.69, 9.17) is 5.73 Å². The van der Waals surface area contributed by atoms with Crippen molar-refractivity contribution in [3.05, 3.63) is 28.2 Å². The van der Waals surface area contributed by atoms with E-state index in [0.717, 1.165) is 11.0 Å². The van der Waals surface area contributed by atoms with E-state index in [9.17, 15) is 0 Å². The molecule has 1 aromatic rings. The van der Waals surface area contributed by atoms with Crippen molar-refractivity contribution < 1.29 is 0 Å². The first-order valence-electron chi connectivity index (χ1n) is 5.91. The second-order valence-corrected chi connectivity index (χ2v) is 5.54. The van der Waals surface area contributed by atoms with Crippen molar-refractivity contribution in [2.24, 2.45) is 5.73 Å². The molecule has 1 heterocycles. The van der Waals surface area contributed by atoms with Crippen molar-refractivity contribution in [2.45, 2.75) is 38.8 Å². The Morgan fingerprint density at radius 2 is 2.25 bits per heavy atom. The number of hydrogen-bond acceptors (Lipinski definition) is 2. The highest BCUT2D eigenvalue weighted by molar-refractivity contribution is 9.10. The van der Waals surface area contributed by atoms with Crippen LogP contribution in [0, 0.1) is 0 Å². The molecule has 0 aromatic heterocycles. The van der Waals surface area contributed by atoms with Gasteiger partial charge in [-0.1, -0.05) is 6.07 Å². The minimum atomic E-state index is 0.0985. The van der Waals surface area contributed by atoms with E-state index in [-0.39, 0.29) is 6.04 Å². The van der Waals surface area contributed by atoms with Gasteiger partial charge in [-0.05, 0) is 60.3 Å². The standard InChI is InChI=1S/C13H19BrN2/c1-9-4-3-7-16(9)13-6-5-11(10(2)15)8-12(13)14/h5-6,8-10H,3-4,7,15H2,1-2H3/t9?,10-/m1/s1. The summed E-state index contributed by atoms with van der Waals surface area (Å²) < 4.78 is 1.16. The van der Waals surface area contributed by atoms with Gasteiger partial charge in [0.25, 0.3) is 0 Å². The molecule has 2 atom stereocenters. The van der Waals surface area contributed by atoms with Crippen LogP contribution in [0.2, 0.25) is 0 Å². The van der Waals surface area contributed by atoms with Crippen LogP contribution in [0.5, 0.6) is 0 Å². The average Bonchev–Trinajstić information content (AvgIpc) is 2.64. The van der Waals surface area contributed by atoms with Crippen LogP contribution in [-0.4, -0.2) is 12.6 Å². The molecule has 16 heavy (non-hydrogen) atoms. The summed E-state index contributed by atoms with van der Waals surface area (Å²) in [6.45, 7) is 5.47. The number of anilines is 1. The summed E-state index contributed by atoms with van der Waals surface area (Å²) in [5.41, 5.74) is 8.36. The molecular formula is C13H19BrN2.